The summed E-state index contributed by atoms with van der Waals surface area (Å²) in [5.74, 6) is 0. The summed E-state index contributed by atoms with van der Waals surface area (Å²) in [5.41, 5.74) is 3.69. The van der Waals surface area contributed by atoms with Crippen molar-refractivity contribution in [2.45, 2.75) is 6.92 Å². The van der Waals surface area contributed by atoms with Crippen LogP contribution >= 0.6 is 0 Å². The molecular weight excluding hydrogens is 218 g/mol. The van der Waals surface area contributed by atoms with Crippen LogP contribution in [0.25, 0.3) is 22.0 Å². The zero-order valence-corrected chi connectivity index (χ0v) is 10.4. The first-order chi connectivity index (χ1) is 8.77. The Labute approximate surface area is 107 Å². The quantitative estimate of drug-likeness (QED) is 0.445. The maximum atomic E-state index is 4.06. The highest BCUT2D eigenvalue weighted by Gasteiger charge is 2.09. The molecule has 1 nitrogen and oxygen atoms in total. The minimum atomic E-state index is 1.15. The predicted molar refractivity (Wildman–Crippen MR) is 75.1 cm³/mol. The number of hydrogen-bond donors (Lipinski definition) is 0. The van der Waals surface area contributed by atoms with Crippen LogP contribution in [-0.2, 0) is 0 Å². The smallest absolute Gasteiger partial charge is 0.112 e. The van der Waals surface area contributed by atoms with E-state index in [1.807, 2.05) is 16.8 Å². The molecule has 0 unspecified atom stereocenters. The number of nitrogens with zero attached hydrogens (tertiary/aromatic N) is 1. The molecule has 1 heteroatoms. The van der Waals surface area contributed by atoms with Gasteiger partial charge in [-0.2, -0.15) is 0 Å². The molecule has 88 valence electrons. The molecule has 0 aliphatic heterocycles. The summed E-state index contributed by atoms with van der Waals surface area (Å²) in [5, 5.41) is 2.54. The van der Waals surface area contributed by atoms with Gasteiger partial charge in [-0.3, -0.25) is 0 Å². The fourth-order valence-electron chi connectivity index (χ4n) is 2.42. The highest BCUT2D eigenvalue weighted by molar-refractivity contribution is 5.96. The monoisotopic (exact) mass is 233 g/mol. The molecule has 1 aromatic heterocycles. The zero-order valence-electron chi connectivity index (χ0n) is 10.4. The third-order valence-corrected chi connectivity index (χ3v) is 3.33. The second-order valence-electron chi connectivity index (χ2n) is 4.53. The number of fused-ring (bicyclic) bond motifs is 1. The summed E-state index contributed by atoms with van der Waals surface area (Å²) in [6.07, 6.45) is 1.98. The Balaban J connectivity index is 2.42. The van der Waals surface area contributed by atoms with E-state index < -0.39 is 0 Å². The summed E-state index contributed by atoms with van der Waals surface area (Å²) in [4.78, 5) is 0. The Bertz CT molecular complexity index is 714. The molecule has 0 bridgehead atoms. The highest BCUT2D eigenvalue weighted by Crippen LogP contribution is 2.29. The lowest BCUT2D eigenvalue weighted by Crippen LogP contribution is -2.27. The van der Waals surface area contributed by atoms with Crippen molar-refractivity contribution in [3.05, 3.63) is 73.4 Å². The van der Waals surface area contributed by atoms with Crippen molar-refractivity contribution in [3.8, 4) is 11.3 Å². The Morgan fingerprint density at radius 3 is 2.50 bits per heavy atom. The number of benzene rings is 2. The van der Waals surface area contributed by atoms with E-state index in [2.05, 4.69) is 62.5 Å². The van der Waals surface area contributed by atoms with E-state index in [4.69, 9.17) is 0 Å². The van der Waals surface area contributed by atoms with Crippen molar-refractivity contribution in [2.24, 2.45) is 0 Å². The number of hydrogen-bond acceptors (Lipinski definition) is 0. The number of aryl methyl sites for hydroxylation is 1. The topological polar surface area (TPSA) is 3.88 Å². The fraction of sp³-hybridized carbons (Fsp3) is 0.0588. The van der Waals surface area contributed by atoms with Crippen LogP contribution in [0.5, 0.6) is 0 Å². The maximum Gasteiger partial charge on any atom is 0.112 e. The number of pyridine rings is 1. The van der Waals surface area contributed by atoms with Gasteiger partial charge in [0.05, 0.1) is 6.20 Å². The molecule has 0 aliphatic carbocycles. The van der Waals surface area contributed by atoms with Crippen LogP contribution in [0.4, 0.5) is 0 Å². The van der Waals surface area contributed by atoms with Gasteiger partial charge in [0.25, 0.3) is 0 Å². The second kappa shape index (κ2) is 4.19. The largest absolute Gasteiger partial charge is 0.333 e. The van der Waals surface area contributed by atoms with Gasteiger partial charge in [0, 0.05) is 12.6 Å². The lowest BCUT2D eigenvalue weighted by atomic mass is 9.97. The normalized spacial score (nSPS) is 10.7. The summed E-state index contributed by atoms with van der Waals surface area (Å²) in [6.45, 7) is 2.15. The van der Waals surface area contributed by atoms with Gasteiger partial charge < -0.3 is 4.57 Å². The first-order valence-electron chi connectivity index (χ1n) is 6.07. The molecule has 3 rings (SSSR count). The van der Waals surface area contributed by atoms with Crippen LogP contribution < -0.4 is 4.57 Å². The molecule has 0 radical (unpaired) electrons. The van der Waals surface area contributed by atoms with E-state index in [1.54, 1.807) is 0 Å². The van der Waals surface area contributed by atoms with Crippen molar-refractivity contribution in [1.82, 2.24) is 0 Å². The minimum absolute atomic E-state index is 1.15. The molecule has 0 spiro atoms. The van der Waals surface area contributed by atoms with Gasteiger partial charge in [0.2, 0.25) is 0 Å². The lowest BCUT2D eigenvalue weighted by Gasteiger charge is -2.13. The predicted octanol–water partition coefficient (Wildman–Crippen LogP) is 3.74. The number of rotatable bonds is 1. The van der Waals surface area contributed by atoms with Gasteiger partial charge in [-0.15, -0.1) is 0 Å². The third kappa shape index (κ3) is 1.65. The van der Waals surface area contributed by atoms with Crippen molar-refractivity contribution < 1.29 is 4.57 Å². The molecule has 0 amide bonds. The Morgan fingerprint density at radius 2 is 1.67 bits per heavy atom. The van der Waals surface area contributed by atoms with Crippen LogP contribution in [0.2, 0.25) is 0 Å². The van der Waals surface area contributed by atoms with E-state index in [1.165, 1.54) is 21.9 Å². The molecular formula is C17H15N. The van der Waals surface area contributed by atoms with Gasteiger partial charge in [-0.1, -0.05) is 48.5 Å². The highest BCUT2D eigenvalue weighted by atomic mass is 14.9. The van der Waals surface area contributed by atoms with Crippen molar-refractivity contribution in [2.75, 3.05) is 0 Å². The second-order valence-corrected chi connectivity index (χ2v) is 4.53. The first kappa shape index (κ1) is 10.8. The van der Waals surface area contributed by atoms with Crippen LogP contribution in [0, 0.1) is 14.0 Å². The van der Waals surface area contributed by atoms with Crippen LogP contribution in [0.3, 0.4) is 0 Å². The summed E-state index contributed by atoms with van der Waals surface area (Å²) < 4.78 is 1.93. The lowest BCUT2D eigenvalue weighted by molar-refractivity contribution is -0.600. The van der Waals surface area contributed by atoms with Gasteiger partial charge >= 0.3 is 0 Å². The maximum absolute atomic E-state index is 4.06. The van der Waals surface area contributed by atoms with Crippen molar-refractivity contribution in [3.63, 3.8) is 0 Å². The molecule has 0 saturated carbocycles. The van der Waals surface area contributed by atoms with E-state index in [-0.39, 0.29) is 0 Å². The molecule has 0 N–H and O–H groups in total. The zero-order chi connectivity index (χ0) is 12.5. The van der Waals surface area contributed by atoms with Crippen LogP contribution in [0.1, 0.15) is 5.56 Å². The SMILES string of the molecule is [CH2-][n+]1ccccc1-c1c(C)ccc2ccccc12. The number of aromatic nitrogens is 1. The molecule has 2 aromatic carbocycles. The molecule has 18 heavy (non-hydrogen) atoms. The van der Waals surface area contributed by atoms with Gasteiger partial charge in [0.1, 0.15) is 5.69 Å². The van der Waals surface area contributed by atoms with Crippen LogP contribution in [0.15, 0.2) is 60.8 Å². The van der Waals surface area contributed by atoms with Crippen LogP contribution in [-0.4, -0.2) is 0 Å². The van der Waals surface area contributed by atoms with E-state index >= 15 is 0 Å². The van der Waals surface area contributed by atoms with Gasteiger partial charge in [-0.05, 0) is 29.3 Å². The fourth-order valence-corrected chi connectivity index (χ4v) is 2.42. The molecule has 1 heterocycles. The molecule has 0 saturated heterocycles. The van der Waals surface area contributed by atoms with Crippen molar-refractivity contribution >= 4 is 10.8 Å². The molecule has 0 aliphatic rings. The summed E-state index contributed by atoms with van der Waals surface area (Å²) >= 11 is 0. The van der Waals surface area contributed by atoms with Gasteiger partial charge in [-0.25, -0.2) is 0 Å². The molecule has 0 atom stereocenters. The van der Waals surface area contributed by atoms with E-state index in [0.29, 0.717) is 0 Å². The summed E-state index contributed by atoms with van der Waals surface area (Å²) in [7, 11) is 4.06. The standard InChI is InChI=1S/C17H15N/c1-13-10-11-14-7-3-4-8-15(14)17(13)16-9-5-6-12-18(16)2/h3-12H,2H2,1H3. The average molecular weight is 233 g/mol. The van der Waals surface area contributed by atoms with E-state index in [9.17, 15) is 0 Å². The Hall–Kier alpha value is -2.28. The first-order valence-corrected chi connectivity index (χ1v) is 6.07. The minimum Gasteiger partial charge on any atom is -0.333 e. The molecule has 3 aromatic rings. The third-order valence-electron chi connectivity index (χ3n) is 3.33. The molecule has 0 fully saturated rings. The average Bonchev–Trinajstić information content (AvgIpc) is 2.40. The van der Waals surface area contributed by atoms with Gasteiger partial charge in [0.15, 0.2) is 0 Å². The Morgan fingerprint density at radius 1 is 0.889 bits per heavy atom. The van der Waals surface area contributed by atoms with E-state index in [0.717, 1.165) is 5.69 Å². The summed E-state index contributed by atoms with van der Waals surface area (Å²) in [6, 6.07) is 19.0. The van der Waals surface area contributed by atoms with Crippen molar-refractivity contribution in [1.29, 1.82) is 0 Å². The Kier molecular flexibility index (Phi) is 2.52.